The molecule has 1 amide bonds. The van der Waals surface area contributed by atoms with Crippen molar-refractivity contribution < 1.29 is 9.53 Å². The maximum atomic E-state index is 11.7. The van der Waals surface area contributed by atoms with Gasteiger partial charge in [0.2, 0.25) is 0 Å². The Morgan fingerprint density at radius 3 is 2.80 bits per heavy atom. The molecule has 1 heterocycles. The van der Waals surface area contributed by atoms with Crippen molar-refractivity contribution in [2.75, 3.05) is 5.32 Å². The zero-order valence-corrected chi connectivity index (χ0v) is 11.4. The van der Waals surface area contributed by atoms with Crippen LogP contribution in [-0.2, 0) is 18.4 Å². The molecule has 20 heavy (non-hydrogen) atoms. The Morgan fingerprint density at radius 2 is 2.10 bits per heavy atom. The number of benzene rings is 1. The molecule has 0 saturated heterocycles. The summed E-state index contributed by atoms with van der Waals surface area (Å²) in [5.41, 5.74) is 0.403. The van der Waals surface area contributed by atoms with Crippen molar-refractivity contribution in [2.24, 2.45) is 7.05 Å². The molecular formula is C13H12ClN3O3. The molecule has 0 aliphatic rings. The maximum absolute atomic E-state index is 11.7. The predicted octanol–water partition coefficient (Wildman–Crippen LogP) is 2.18. The van der Waals surface area contributed by atoms with Gasteiger partial charge in [-0.1, -0.05) is 41.9 Å². The third kappa shape index (κ3) is 3.58. The summed E-state index contributed by atoms with van der Waals surface area (Å²) in [6.45, 7) is 0.117. The van der Waals surface area contributed by atoms with Crippen LogP contribution in [0.15, 0.2) is 41.2 Å². The van der Waals surface area contributed by atoms with Crippen molar-refractivity contribution in [3.63, 3.8) is 0 Å². The molecule has 1 aromatic carbocycles. The maximum Gasteiger partial charge on any atom is 0.412 e. The van der Waals surface area contributed by atoms with E-state index in [2.05, 4.69) is 10.4 Å². The lowest BCUT2D eigenvalue weighted by Gasteiger charge is -2.07. The summed E-state index contributed by atoms with van der Waals surface area (Å²) in [5.74, 6) is 0. The van der Waals surface area contributed by atoms with E-state index in [1.165, 1.54) is 13.1 Å². The Kier molecular flexibility index (Phi) is 4.37. The smallest absolute Gasteiger partial charge is 0.412 e. The molecule has 0 unspecified atom stereocenters. The summed E-state index contributed by atoms with van der Waals surface area (Å²) in [5, 5.41) is 6.16. The minimum absolute atomic E-state index is 0.0190. The SMILES string of the molecule is Cn1nc(Cl)cc(NC(=O)OCc2ccccc2)c1=O. The van der Waals surface area contributed by atoms with Crippen LogP contribution in [0.4, 0.5) is 10.5 Å². The van der Waals surface area contributed by atoms with E-state index in [9.17, 15) is 9.59 Å². The van der Waals surface area contributed by atoms with Crippen molar-refractivity contribution in [1.82, 2.24) is 9.78 Å². The molecule has 0 atom stereocenters. The summed E-state index contributed by atoms with van der Waals surface area (Å²) in [6.07, 6.45) is -0.729. The number of halogens is 1. The third-order valence-electron chi connectivity index (χ3n) is 2.48. The van der Waals surface area contributed by atoms with Crippen LogP contribution >= 0.6 is 11.6 Å². The molecule has 0 bridgehead atoms. The molecule has 0 spiro atoms. The van der Waals surface area contributed by atoms with Crippen LogP contribution in [0.1, 0.15) is 5.56 Å². The second-order valence-electron chi connectivity index (χ2n) is 4.00. The molecule has 0 aliphatic carbocycles. The quantitative estimate of drug-likeness (QED) is 0.941. The summed E-state index contributed by atoms with van der Waals surface area (Å²) in [7, 11) is 1.44. The fourth-order valence-corrected chi connectivity index (χ4v) is 1.75. The largest absolute Gasteiger partial charge is 0.444 e. The van der Waals surface area contributed by atoms with Gasteiger partial charge in [0.1, 0.15) is 12.3 Å². The minimum atomic E-state index is -0.729. The first kappa shape index (κ1) is 14.1. The Balaban J connectivity index is 2.00. The van der Waals surface area contributed by atoms with E-state index in [-0.39, 0.29) is 17.4 Å². The van der Waals surface area contributed by atoms with Gasteiger partial charge in [0.25, 0.3) is 5.56 Å². The number of hydrogen-bond donors (Lipinski definition) is 1. The first-order valence-corrected chi connectivity index (χ1v) is 6.15. The van der Waals surface area contributed by atoms with E-state index >= 15 is 0 Å². The van der Waals surface area contributed by atoms with Gasteiger partial charge in [-0.15, -0.1) is 0 Å². The van der Waals surface area contributed by atoms with E-state index < -0.39 is 11.7 Å². The second kappa shape index (κ2) is 6.21. The van der Waals surface area contributed by atoms with Crippen LogP contribution in [-0.4, -0.2) is 15.9 Å². The van der Waals surface area contributed by atoms with Crippen LogP contribution in [0, 0.1) is 0 Å². The highest BCUT2D eigenvalue weighted by Crippen LogP contribution is 2.08. The number of ether oxygens (including phenoxy) is 1. The molecule has 7 heteroatoms. The Bertz CT molecular complexity index is 670. The number of hydrogen-bond acceptors (Lipinski definition) is 4. The Hall–Kier alpha value is -2.34. The highest BCUT2D eigenvalue weighted by Gasteiger charge is 2.10. The number of nitrogens with one attached hydrogen (secondary N) is 1. The van der Waals surface area contributed by atoms with Crippen LogP contribution < -0.4 is 10.9 Å². The number of carbonyl (C=O) groups excluding carboxylic acids is 1. The zero-order valence-electron chi connectivity index (χ0n) is 10.7. The molecule has 1 N–H and O–H groups in total. The van der Waals surface area contributed by atoms with Crippen molar-refractivity contribution in [3.05, 3.63) is 57.5 Å². The summed E-state index contributed by atoms with van der Waals surface area (Å²) < 4.78 is 6.04. The molecule has 0 radical (unpaired) electrons. The van der Waals surface area contributed by atoms with Crippen molar-refractivity contribution >= 4 is 23.4 Å². The molecule has 2 aromatic rings. The average Bonchev–Trinajstić information content (AvgIpc) is 2.43. The standard InChI is InChI=1S/C13H12ClN3O3/c1-17-12(18)10(7-11(14)16-17)15-13(19)20-8-9-5-3-2-4-6-9/h2-7H,8H2,1H3,(H,15,19). The normalized spacial score (nSPS) is 10.1. The summed E-state index contributed by atoms with van der Waals surface area (Å²) in [6, 6.07) is 10.5. The molecular weight excluding hydrogens is 282 g/mol. The van der Waals surface area contributed by atoms with Crippen LogP contribution in [0.3, 0.4) is 0 Å². The summed E-state index contributed by atoms with van der Waals surface area (Å²) in [4.78, 5) is 23.3. The van der Waals surface area contributed by atoms with Crippen molar-refractivity contribution in [3.8, 4) is 0 Å². The zero-order chi connectivity index (χ0) is 14.5. The van der Waals surface area contributed by atoms with Gasteiger partial charge in [-0.25, -0.2) is 9.48 Å². The second-order valence-corrected chi connectivity index (χ2v) is 4.38. The molecule has 6 nitrogen and oxygen atoms in total. The van der Waals surface area contributed by atoms with Crippen LogP contribution in [0.5, 0.6) is 0 Å². The Morgan fingerprint density at radius 1 is 1.40 bits per heavy atom. The number of carbonyl (C=O) groups is 1. The van der Waals surface area contributed by atoms with Gasteiger partial charge in [0, 0.05) is 13.1 Å². The summed E-state index contributed by atoms with van der Waals surface area (Å²) >= 11 is 5.72. The Labute approximate surface area is 119 Å². The van der Waals surface area contributed by atoms with E-state index in [1.54, 1.807) is 0 Å². The monoisotopic (exact) mass is 293 g/mol. The molecule has 104 valence electrons. The predicted molar refractivity (Wildman–Crippen MR) is 74.7 cm³/mol. The van der Waals surface area contributed by atoms with Gasteiger partial charge in [0.05, 0.1) is 0 Å². The lowest BCUT2D eigenvalue weighted by molar-refractivity contribution is 0.155. The van der Waals surface area contributed by atoms with Crippen molar-refractivity contribution in [1.29, 1.82) is 0 Å². The highest BCUT2D eigenvalue weighted by molar-refractivity contribution is 6.29. The van der Waals surface area contributed by atoms with Crippen LogP contribution in [0.2, 0.25) is 5.15 Å². The molecule has 0 saturated carbocycles. The fourth-order valence-electron chi connectivity index (χ4n) is 1.53. The number of aryl methyl sites for hydroxylation is 1. The van der Waals surface area contributed by atoms with Gasteiger partial charge >= 0.3 is 6.09 Å². The number of anilines is 1. The third-order valence-corrected chi connectivity index (χ3v) is 2.67. The van der Waals surface area contributed by atoms with Gasteiger partial charge in [0.15, 0.2) is 5.15 Å². The first-order valence-electron chi connectivity index (χ1n) is 5.78. The average molecular weight is 294 g/mol. The number of amides is 1. The van der Waals surface area contributed by atoms with E-state index in [1.807, 2.05) is 30.3 Å². The molecule has 2 rings (SSSR count). The van der Waals surface area contributed by atoms with Gasteiger partial charge < -0.3 is 4.74 Å². The van der Waals surface area contributed by atoms with Crippen LogP contribution in [0.25, 0.3) is 0 Å². The van der Waals surface area contributed by atoms with Crippen molar-refractivity contribution in [2.45, 2.75) is 6.61 Å². The molecule has 0 aliphatic heterocycles. The van der Waals surface area contributed by atoms with Gasteiger partial charge in [-0.2, -0.15) is 5.10 Å². The van der Waals surface area contributed by atoms with E-state index in [0.717, 1.165) is 10.2 Å². The first-order chi connectivity index (χ1) is 9.56. The molecule has 1 aromatic heterocycles. The lowest BCUT2D eigenvalue weighted by atomic mass is 10.2. The van der Waals surface area contributed by atoms with Gasteiger partial charge in [-0.3, -0.25) is 10.1 Å². The number of rotatable bonds is 3. The van der Waals surface area contributed by atoms with Gasteiger partial charge in [-0.05, 0) is 5.56 Å². The molecule has 0 fully saturated rings. The number of nitrogens with zero attached hydrogens (tertiary/aromatic N) is 2. The highest BCUT2D eigenvalue weighted by atomic mass is 35.5. The lowest BCUT2D eigenvalue weighted by Crippen LogP contribution is -2.26. The number of aromatic nitrogens is 2. The van der Waals surface area contributed by atoms with E-state index in [4.69, 9.17) is 16.3 Å². The topological polar surface area (TPSA) is 73.2 Å². The fraction of sp³-hybridized carbons (Fsp3) is 0.154. The minimum Gasteiger partial charge on any atom is -0.444 e. The van der Waals surface area contributed by atoms with E-state index in [0.29, 0.717) is 0 Å².